The van der Waals surface area contributed by atoms with Gasteiger partial charge in [0, 0.05) is 37.6 Å². The molecular weight excluding hydrogens is 730 g/mol. The Bertz CT molecular complexity index is 1650. The van der Waals surface area contributed by atoms with Gasteiger partial charge in [-0.3, -0.25) is 9.80 Å². The molecule has 2 aromatic carbocycles. The molecule has 12 nitrogen and oxygen atoms in total. The summed E-state index contributed by atoms with van der Waals surface area (Å²) in [7, 11) is 0. The minimum atomic E-state index is -1.10. The first kappa shape index (κ1) is 36.3. The van der Waals surface area contributed by atoms with Crippen molar-refractivity contribution in [2.24, 2.45) is 0 Å². The normalized spacial score (nSPS) is 16.3. The van der Waals surface area contributed by atoms with Crippen LogP contribution < -0.4 is 9.47 Å². The molecular formula is C34H36Cl4N6O6. The van der Waals surface area contributed by atoms with Crippen LogP contribution in [0, 0.1) is 0 Å². The largest absolute Gasteiger partial charge is 0.473 e. The Morgan fingerprint density at radius 2 is 1.00 bits per heavy atom. The molecule has 2 fully saturated rings. The van der Waals surface area contributed by atoms with E-state index in [1.165, 1.54) is 0 Å². The van der Waals surface area contributed by atoms with Gasteiger partial charge in [0.15, 0.2) is 0 Å². The fourth-order valence-electron chi connectivity index (χ4n) is 5.82. The number of aromatic nitrogens is 4. The second kappa shape index (κ2) is 17.1. The summed E-state index contributed by atoms with van der Waals surface area (Å²) in [6.07, 6.45) is 6.11. The van der Waals surface area contributed by atoms with E-state index in [1.54, 1.807) is 70.3 Å². The minimum Gasteiger partial charge on any atom is -0.473 e. The van der Waals surface area contributed by atoms with Gasteiger partial charge in [0.05, 0.1) is 31.5 Å². The van der Waals surface area contributed by atoms with Crippen LogP contribution in [0.2, 0.25) is 20.1 Å². The van der Waals surface area contributed by atoms with E-state index in [9.17, 15) is 9.59 Å². The molecule has 0 saturated carbocycles. The van der Waals surface area contributed by atoms with E-state index in [1.807, 2.05) is 0 Å². The number of likely N-dealkylation sites (tertiary alicyclic amines) is 2. The highest BCUT2D eigenvalue weighted by molar-refractivity contribution is 6.42. The van der Waals surface area contributed by atoms with Crippen LogP contribution in [-0.2, 0) is 19.1 Å². The van der Waals surface area contributed by atoms with Crippen molar-refractivity contribution in [3.8, 4) is 23.1 Å². The molecule has 4 aromatic rings. The number of carbonyl (C=O) groups excluding carboxylic acids is 2. The number of nitrogens with zero attached hydrogens (tertiary/aromatic N) is 6. The summed E-state index contributed by atoms with van der Waals surface area (Å²) < 4.78 is 26.4. The van der Waals surface area contributed by atoms with Crippen molar-refractivity contribution in [1.29, 1.82) is 0 Å². The standard InChI is InChI=1S/C34H36Cl4N6O6/c35-27-7-5-23(17-29(27)37)43-15-9-31(39-43)47-21-25(19-41-11-1-2-12-41)49-33(45)34(46)50-26(20-42-13-3-4-14-42)22-48-32-10-16-44(40-32)24-6-8-28(36)30(38)18-24/h5-10,15-18,25-26H,1-4,11-14,19-22H2. The first-order chi connectivity index (χ1) is 24.2. The second-order valence-corrected chi connectivity index (χ2v) is 13.7. The molecule has 2 aliphatic rings. The first-order valence-electron chi connectivity index (χ1n) is 16.3. The Kier molecular flexibility index (Phi) is 12.4. The molecule has 2 aliphatic heterocycles. The maximum absolute atomic E-state index is 13.1. The predicted molar refractivity (Wildman–Crippen MR) is 189 cm³/mol. The van der Waals surface area contributed by atoms with Gasteiger partial charge in [-0.1, -0.05) is 46.4 Å². The molecule has 16 heteroatoms. The van der Waals surface area contributed by atoms with E-state index in [0.717, 1.165) is 51.9 Å². The first-order valence-corrected chi connectivity index (χ1v) is 17.9. The van der Waals surface area contributed by atoms with Gasteiger partial charge in [-0.2, -0.15) is 0 Å². The summed E-state index contributed by atoms with van der Waals surface area (Å²) >= 11 is 24.4. The van der Waals surface area contributed by atoms with Crippen molar-refractivity contribution in [2.45, 2.75) is 37.9 Å². The Morgan fingerprint density at radius 3 is 1.38 bits per heavy atom. The van der Waals surface area contributed by atoms with Crippen molar-refractivity contribution in [3.63, 3.8) is 0 Å². The lowest BCUT2D eigenvalue weighted by molar-refractivity contribution is -0.176. The van der Waals surface area contributed by atoms with Crippen LogP contribution in [-0.4, -0.2) is 106 Å². The number of hydrogen-bond donors (Lipinski definition) is 0. The molecule has 2 unspecified atom stereocenters. The van der Waals surface area contributed by atoms with Crippen molar-refractivity contribution in [3.05, 3.63) is 81.0 Å². The molecule has 0 aliphatic carbocycles. The maximum Gasteiger partial charge on any atom is 0.417 e. The molecule has 0 N–H and O–H groups in total. The Labute approximate surface area is 309 Å². The highest BCUT2D eigenvalue weighted by Crippen LogP contribution is 2.26. The van der Waals surface area contributed by atoms with Crippen molar-refractivity contribution in [1.82, 2.24) is 29.4 Å². The third-order valence-corrected chi connectivity index (χ3v) is 9.81. The summed E-state index contributed by atoms with van der Waals surface area (Å²) in [6.45, 7) is 4.20. The van der Waals surface area contributed by atoms with E-state index < -0.39 is 24.1 Å². The lowest BCUT2D eigenvalue weighted by Gasteiger charge is -2.25. The number of carbonyl (C=O) groups is 2. The Balaban J connectivity index is 1.07. The fourth-order valence-corrected chi connectivity index (χ4v) is 6.41. The number of halogens is 4. The van der Waals surface area contributed by atoms with Crippen LogP contribution in [0.3, 0.4) is 0 Å². The third kappa shape index (κ3) is 9.83. The highest BCUT2D eigenvalue weighted by atomic mass is 35.5. The monoisotopic (exact) mass is 764 g/mol. The average molecular weight is 767 g/mol. The van der Waals surface area contributed by atoms with E-state index in [-0.39, 0.29) is 13.2 Å². The lowest BCUT2D eigenvalue weighted by atomic mass is 10.3. The molecule has 0 amide bonds. The quantitative estimate of drug-likeness (QED) is 0.110. The molecule has 0 spiro atoms. The number of rotatable bonds is 14. The molecule has 2 atom stereocenters. The maximum atomic E-state index is 13.1. The van der Waals surface area contributed by atoms with Crippen molar-refractivity contribution in [2.75, 3.05) is 52.5 Å². The topological polar surface area (TPSA) is 113 Å². The second-order valence-electron chi connectivity index (χ2n) is 12.1. The van der Waals surface area contributed by atoms with E-state index in [2.05, 4.69) is 20.0 Å². The number of benzene rings is 2. The molecule has 6 rings (SSSR count). The van der Waals surface area contributed by atoms with Gasteiger partial charge in [-0.15, -0.1) is 10.2 Å². The molecule has 266 valence electrons. The zero-order chi connectivity index (χ0) is 35.0. The van der Waals surface area contributed by atoms with Crippen LogP contribution >= 0.6 is 46.4 Å². The molecule has 2 saturated heterocycles. The Hall–Kier alpha value is -3.52. The fraction of sp³-hybridized carbons (Fsp3) is 0.412. The van der Waals surface area contributed by atoms with Gasteiger partial charge >= 0.3 is 11.9 Å². The van der Waals surface area contributed by atoms with Gasteiger partial charge in [-0.25, -0.2) is 19.0 Å². The SMILES string of the molecule is O=C(OC(COc1ccn(-c2ccc(Cl)c(Cl)c2)n1)CN1CCCC1)C(=O)OC(COc1ccn(-c2ccc(Cl)c(Cl)c2)n1)CN1CCCC1. The molecule has 2 aromatic heterocycles. The highest BCUT2D eigenvalue weighted by Gasteiger charge is 2.30. The van der Waals surface area contributed by atoms with E-state index in [4.69, 9.17) is 65.4 Å². The van der Waals surface area contributed by atoms with Gasteiger partial charge in [-0.05, 0) is 88.3 Å². The molecule has 4 heterocycles. The van der Waals surface area contributed by atoms with Crippen LogP contribution in [0.25, 0.3) is 11.4 Å². The van der Waals surface area contributed by atoms with Crippen LogP contribution in [0.15, 0.2) is 60.9 Å². The number of ether oxygens (including phenoxy) is 4. The summed E-state index contributed by atoms with van der Waals surface area (Å²) in [5.41, 5.74) is 1.40. The average Bonchev–Trinajstić information content (AvgIpc) is 3.94. The summed E-state index contributed by atoms with van der Waals surface area (Å²) in [4.78, 5) is 30.6. The number of esters is 2. The minimum absolute atomic E-state index is 0.0181. The van der Waals surface area contributed by atoms with Crippen LogP contribution in [0.4, 0.5) is 0 Å². The lowest BCUT2D eigenvalue weighted by Crippen LogP contribution is -2.42. The summed E-state index contributed by atoms with van der Waals surface area (Å²) in [5, 5.41) is 10.6. The molecule has 0 bridgehead atoms. The summed E-state index contributed by atoms with van der Waals surface area (Å²) in [5.74, 6) is -1.58. The summed E-state index contributed by atoms with van der Waals surface area (Å²) in [6, 6.07) is 13.7. The number of hydrogen-bond acceptors (Lipinski definition) is 10. The zero-order valence-electron chi connectivity index (χ0n) is 27.1. The van der Waals surface area contributed by atoms with Crippen LogP contribution in [0.5, 0.6) is 11.8 Å². The van der Waals surface area contributed by atoms with Gasteiger partial charge in [0.2, 0.25) is 11.8 Å². The van der Waals surface area contributed by atoms with Crippen LogP contribution in [0.1, 0.15) is 25.7 Å². The van der Waals surface area contributed by atoms with Crippen molar-refractivity contribution < 1.29 is 28.5 Å². The zero-order valence-corrected chi connectivity index (χ0v) is 30.1. The van der Waals surface area contributed by atoms with Gasteiger partial charge in [0.1, 0.15) is 25.4 Å². The van der Waals surface area contributed by atoms with E-state index >= 15 is 0 Å². The third-order valence-electron chi connectivity index (χ3n) is 8.33. The van der Waals surface area contributed by atoms with Crippen molar-refractivity contribution >= 4 is 58.3 Å². The molecule has 0 radical (unpaired) electrons. The Morgan fingerprint density at radius 1 is 0.600 bits per heavy atom. The van der Waals surface area contributed by atoms with Gasteiger partial charge in [0.25, 0.3) is 0 Å². The predicted octanol–water partition coefficient (Wildman–Crippen LogP) is 6.14. The van der Waals surface area contributed by atoms with Gasteiger partial charge < -0.3 is 18.9 Å². The van der Waals surface area contributed by atoms with E-state index in [0.29, 0.717) is 56.3 Å². The molecule has 50 heavy (non-hydrogen) atoms. The smallest absolute Gasteiger partial charge is 0.417 e.